The second kappa shape index (κ2) is 5.91. The maximum absolute atomic E-state index is 12.1. The lowest BCUT2D eigenvalue weighted by molar-refractivity contribution is -0.134. The molecule has 1 amide bonds. The van der Waals surface area contributed by atoms with Crippen LogP contribution in [-0.4, -0.2) is 63.4 Å². The van der Waals surface area contributed by atoms with Gasteiger partial charge in [-0.15, -0.1) is 0 Å². The summed E-state index contributed by atoms with van der Waals surface area (Å²) in [5, 5.41) is 8.24. The first-order valence-electron chi connectivity index (χ1n) is 7.57. The molecule has 1 aromatic heterocycles. The summed E-state index contributed by atoms with van der Waals surface area (Å²) in [6.45, 7) is 3.96. The van der Waals surface area contributed by atoms with E-state index in [0.717, 1.165) is 51.9 Å². The Hall–Kier alpha value is -1.43. The zero-order valence-electron chi connectivity index (χ0n) is 12.1. The van der Waals surface area contributed by atoms with Gasteiger partial charge in [-0.2, -0.15) is 15.0 Å². The van der Waals surface area contributed by atoms with Crippen LogP contribution >= 0.6 is 0 Å². The van der Waals surface area contributed by atoms with Crippen LogP contribution in [-0.2, 0) is 11.3 Å². The molecule has 0 unspecified atom stereocenters. The van der Waals surface area contributed by atoms with Crippen LogP contribution in [0.2, 0.25) is 0 Å². The summed E-state index contributed by atoms with van der Waals surface area (Å²) in [5.74, 6) is 0.702. The molecule has 6 nitrogen and oxygen atoms in total. The van der Waals surface area contributed by atoms with Gasteiger partial charge in [0.2, 0.25) is 5.91 Å². The van der Waals surface area contributed by atoms with Gasteiger partial charge >= 0.3 is 0 Å². The normalized spacial score (nSPS) is 21.1. The van der Waals surface area contributed by atoms with Crippen molar-refractivity contribution in [2.24, 2.45) is 5.92 Å². The molecule has 0 aromatic carbocycles. The quantitative estimate of drug-likeness (QED) is 0.791. The minimum Gasteiger partial charge on any atom is -0.342 e. The van der Waals surface area contributed by atoms with Crippen molar-refractivity contribution in [1.29, 1.82) is 0 Å². The average molecular weight is 277 g/mol. The molecule has 20 heavy (non-hydrogen) atoms. The topological polar surface area (TPSA) is 54.3 Å². The van der Waals surface area contributed by atoms with Crippen LogP contribution in [0.15, 0.2) is 12.4 Å². The lowest BCUT2D eigenvalue weighted by Gasteiger charge is -2.36. The molecule has 1 aliphatic carbocycles. The first-order valence-corrected chi connectivity index (χ1v) is 7.57. The van der Waals surface area contributed by atoms with Crippen LogP contribution in [0.5, 0.6) is 0 Å². The fourth-order valence-corrected chi connectivity index (χ4v) is 2.92. The summed E-state index contributed by atoms with van der Waals surface area (Å²) in [5.41, 5.74) is 0. The van der Waals surface area contributed by atoms with Gasteiger partial charge in [-0.05, 0) is 25.7 Å². The number of aromatic nitrogens is 3. The second-order valence-electron chi connectivity index (χ2n) is 5.92. The molecule has 1 saturated heterocycles. The fraction of sp³-hybridized carbons (Fsp3) is 0.786. The highest BCUT2D eigenvalue weighted by molar-refractivity contribution is 5.81. The van der Waals surface area contributed by atoms with Crippen LogP contribution < -0.4 is 0 Å². The van der Waals surface area contributed by atoms with Gasteiger partial charge in [0.05, 0.1) is 18.9 Å². The summed E-state index contributed by atoms with van der Waals surface area (Å²) in [7, 11) is 1.98. The van der Waals surface area contributed by atoms with E-state index >= 15 is 0 Å². The Labute approximate surface area is 119 Å². The molecule has 3 rings (SSSR count). The number of amides is 1. The highest BCUT2D eigenvalue weighted by Gasteiger charge is 2.35. The molecule has 1 aliphatic heterocycles. The third kappa shape index (κ3) is 3.17. The zero-order valence-corrected chi connectivity index (χ0v) is 12.1. The van der Waals surface area contributed by atoms with Crippen molar-refractivity contribution in [3.8, 4) is 0 Å². The van der Waals surface area contributed by atoms with Gasteiger partial charge in [-0.3, -0.25) is 4.79 Å². The van der Waals surface area contributed by atoms with Gasteiger partial charge in [-0.25, -0.2) is 0 Å². The Morgan fingerprint density at radius 3 is 2.40 bits per heavy atom. The number of carbonyl (C=O) groups is 1. The van der Waals surface area contributed by atoms with Crippen LogP contribution in [0.4, 0.5) is 0 Å². The Kier molecular flexibility index (Phi) is 4.00. The van der Waals surface area contributed by atoms with Crippen molar-refractivity contribution < 1.29 is 4.79 Å². The third-order valence-corrected chi connectivity index (χ3v) is 4.46. The van der Waals surface area contributed by atoms with E-state index in [2.05, 4.69) is 15.1 Å². The second-order valence-corrected chi connectivity index (χ2v) is 5.92. The van der Waals surface area contributed by atoms with E-state index in [9.17, 15) is 4.79 Å². The Bertz CT molecular complexity index is 434. The van der Waals surface area contributed by atoms with Gasteiger partial charge in [0.1, 0.15) is 0 Å². The molecule has 2 heterocycles. The summed E-state index contributed by atoms with van der Waals surface area (Å²) >= 11 is 0. The Balaban J connectivity index is 1.41. The van der Waals surface area contributed by atoms with Gasteiger partial charge in [0.25, 0.3) is 0 Å². The molecule has 2 aliphatic rings. The molecule has 0 radical (unpaired) electrons. The number of rotatable bonds is 5. The molecular weight excluding hydrogens is 254 g/mol. The molecule has 0 N–H and O–H groups in total. The molecule has 110 valence electrons. The monoisotopic (exact) mass is 277 g/mol. The average Bonchev–Trinajstić information content (AvgIpc) is 3.21. The highest BCUT2D eigenvalue weighted by atomic mass is 16.2. The molecule has 0 bridgehead atoms. The van der Waals surface area contributed by atoms with Crippen molar-refractivity contribution in [3.05, 3.63) is 12.4 Å². The van der Waals surface area contributed by atoms with Gasteiger partial charge in [0.15, 0.2) is 0 Å². The minimum atomic E-state index is 0.337. The molecule has 0 spiro atoms. The summed E-state index contributed by atoms with van der Waals surface area (Å²) in [6.07, 6.45) is 7.79. The van der Waals surface area contributed by atoms with E-state index in [1.54, 1.807) is 17.2 Å². The maximum Gasteiger partial charge on any atom is 0.225 e. The summed E-state index contributed by atoms with van der Waals surface area (Å²) in [6, 6.07) is 0.433. The first-order chi connectivity index (χ1) is 9.74. The summed E-state index contributed by atoms with van der Waals surface area (Å²) in [4.78, 5) is 18.2. The van der Waals surface area contributed by atoms with Crippen molar-refractivity contribution in [1.82, 2.24) is 24.8 Å². The molecule has 6 heteroatoms. The van der Waals surface area contributed by atoms with Gasteiger partial charge in [-0.1, -0.05) is 0 Å². The number of carbonyl (C=O) groups excluding carboxylic acids is 1. The van der Waals surface area contributed by atoms with E-state index in [4.69, 9.17) is 0 Å². The fourth-order valence-electron chi connectivity index (χ4n) is 2.92. The number of piperidine rings is 1. The largest absolute Gasteiger partial charge is 0.342 e. The predicted octanol–water partition coefficient (Wildman–Crippen LogP) is 0.611. The molecule has 1 saturated carbocycles. The van der Waals surface area contributed by atoms with Crippen LogP contribution in [0.1, 0.15) is 25.7 Å². The van der Waals surface area contributed by atoms with E-state index in [1.165, 1.54) is 0 Å². The number of hydrogen-bond donors (Lipinski definition) is 0. The molecule has 0 atom stereocenters. The van der Waals surface area contributed by atoms with Gasteiger partial charge in [0, 0.05) is 38.6 Å². The first kappa shape index (κ1) is 13.5. The van der Waals surface area contributed by atoms with Crippen molar-refractivity contribution in [3.63, 3.8) is 0 Å². The predicted molar refractivity (Wildman–Crippen MR) is 75.0 cm³/mol. The molecule has 2 fully saturated rings. The SMILES string of the molecule is CN(C(=O)C1CC1)C1CCN(CCn2nccn2)CC1. The number of likely N-dealkylation sites (tertiary alicyclic amines) is 1. The Morgan fingerprint density at radius 2 is 1.80 bits per heavy atom. The minimum absolute atomic E-state index is 0.337. The van der Waals surface area contributed by atoms with Crippen molar-refractivity contribution in [2.45, 2.75) is 38.3 Å². The van der Waals surface area contributed by atoms with Crippen LogP contribution in [0.25, 0.3) is 0 Å². The Morgan fingerprint density at radius 1 is 1.15 bits per heavy atom. The zero-order chi connectivity index (χ0) is 13.9. The van der Waals surface area contributed by atoms with Crippen molar-refractivity contribution in [2.75, 3.05) is 26.7 Å². The standard InChI is InChI=1S/C14H23N5O/c1-17(14(20)12-2-3-12)13-4-8-18(9-5-13)10-11-19-15-6-7-16-19/h6-7,12-13H,2-5,8-11H2,1H3. The van der Waals surface area contributed by atoms with Crippen LogP contribution in [0, 0.1) is 5.92 Å². The van der Waals surface area contributed by atoms with E-state index in [-0.39, 0.29) is 0 Å². The smallest absolute Gasteiger partial charge is 0.225 e. The summed E-state index contributed by atoms with van der Waals surface area (Å²) < 4.78 is 0. The van der Waals surface area contributed by atoms with E-state index in [0.29, 0.717) is 17.9 Å². The number of hydrogen-bond acceptors (Lipinski definition) is 4. The van der Waals surface area contributed by atoms with E-state index < -0.39 is 0 Å². The molecular formula is C14H23N5O. The maximum atomic E-state index is 12.1. The lowest BCUT2D eigenvalue weighted by atomic mass is 10.0. The third-order valence-electron chi connectivity index (χ3n) is 4.46. The van der Waals surface area contributed by atoms with Crippen LogP contribution in [0.3, 0.4) is 0 Å². The lowest BCUT2D eigenvalue weighted by Crippen LogP contribution is -2.46. The van der Waals surface area contributed by atoms with Crippen molar-refractivity contribution >= 4 is 5.91 Å². The number of nitrogens with zero attached hydrogens (tertiary/aromatic N) is 5. The van der Waals surface area contributed by atoms with Gasteiger partial charge < -0.3 is 9.80 Å². The highest BCUT2D eigenvalue weighted by Crippen LogP contribution is 2.32. The molecule has 1 aromatic rings. The van der Waals surface area contributed by atoms with E-state index in [1.807, 2.05) is 11.9 Å².